The molecule has 0 amide bonds. The highest BCUT2D eigenvalue weighted by atomic mass is 32.1. The van der Waals surface area contributed by atoms with E-state index in [0.717, 1.165) is 33.7 Å². The van der Waals surface area contributed by atoms with Crippen molar-refractivity contribution in [3.05, 3.63) is 78.4 Å². The predicted octanol–water partition coefficient (Wildman–Crippen LogP) is 5.11. The summed E-state index contributed by atoms with van der Waals surface area (Å²) >= 11 is 7.47. The molecule has 1 saturated heterocycles. The van der Waals surface area contributed by atoms with Gasteiger partial charge in [0.05, 0.1) is 33.7 Å². The lowest BCUT2D eigenvalue weighted by molar-refractivity contribution is 0.280. The molecule has 0 aliphatic carbocycles. The van der Waals surface area contributed by atoms with Crippen LogP contribution in [0.4, 0.5) is 0 Å². The van der Waals surface area contributed by atoms with Crippen LogP contribution in [0.15, 0.2) is 67.0 Å². The van der Waals surface area contributed by atoms with Gasteiger partial charge >= 0.3 is 0 Å². The first-order chi connectivity index (χ1) is 14.6. The van der Waals surface area contributed by atoms with Gasteiger partial charge in [-0.15, -0.1) is 0 Å². The molecule has 5 rings (SSSR count). The van der Waals surface area contributed by atoms with Gasteiger partial charge in [0.1, 0.15) is 0 Å². The molecule has 4 aromatic rings. The molecule has 1 aromatic carbocycles. The third-order valence-electron chi connectivity index (χ3n) is 5.33. The van der Waals surface area contributed by atoms with E-state index < -0.39 is 0 Å². The van der Waals surface area contributed by atoms with Crippen LogP contribution in [0.25, 0.3) is 15.3 Å². The van der Waals surface area contributed by atoms with Crippen molar-refractivity contribution in [2.75, 3.05) is 6.54 Å². The molecule has 0 saturated carbocycles. The number of thiocarbonyl (C=S) groups is 1. The standard InChI is InChI=1S/C23H23N5S2/c1-15(2)14-28-21(20(26-22(28)29)17-9-5-6-12-24-17)18-10-7-13-27(18)23-25-16-8-3-4-11-19(16)30-23/h3-13,15,20-21H,14H2,1-2H3,(H,26,29)/t20-,21-/m1/s1. The average molecular weight is 434 g/mol. The van der Waals surface area contributed by atoms with Crippen molar-refractivity contribution in [1.29, 1.82) is 0 Å². The summed E-state index contributed by atoms with van der Waals surface area (Å²) in [6, 6.07) is 18.6. The largest absolute Gasteiger partial charge is 0.352 e. The summed E-state index contributed by atoms with van der Waals surface area (Å²) in [5.41, 5.74) is 3.18. The first-order valence-electron chi connectivity index (χ1n) is 10.1. The fourth-order valence-electron chi connectivity index (χ4n) is 4.09. The van der Waals surface area contributed by atoms with Gasteiger partial charge < -0.3 is 10.2 Å². The molecule has 30 heavy (non-hydrogen) atoms. The molecule has 0 unspecified atom stereocenters. The van der Waals surface area contributed by atoms with Crippen LogP contribution in [0.1, 0.15) is 37.3 Å². The summed E-state index contributed by atoms with van der Waals surface area (Å²) in [5.74, 6) is 0.487. The Labute approximate surface area is 185 Å². The van der Waals surface area contributed by atoms with E-state index in [1.807, 2.05) is 24.4 Å². The number of hydrogen-bond acceptors (Lipinski definition) is 4. The zero-order valence-electron chi connectivity index (χ0n) is 16.9. The Bertz CT molecular complexity index is 1150. The van der Waals surface area contributed by atoms with Gasteiger partial charge in [-0.25, -0.2) is 4.98 Å². The fraction of sp³-hybridized carbons (Fsp3) is 0.261. The molecule has 0 bridgehead atoms. The maximum Gasteiger partial charge on any atom is 0.194 e. The smallest absolute Gasteiger partial charge is 0.194 e. The van der Waals surface area contributed by atoms with Crippen LogP contribution >= 0.6 is 23.6 Å². The summed E-state index contributed by atoms with van der Waals surface area (Å²) in [5, 5.41) is 5.28. The third-order valence-corrected chi connectivity index (χ3v) is 6.72. The van der Waals surface area contributed by atoms with Crippen molar-refractivity contribution in [2.24, 2.45) is 5.92 Å². The lowest BCUT2D eigenvalue weighted by Gasteiger charge is -2.29. The van der Waals surface area contributed by atoms with Crippen LogP contribution < -0.4 is 5.32 Å². The van der Waals surface area contributed by atoms with Gasteiger partial charge in [-0.3, -0.25) is 9.55 Å². The van der Waals surface area contributed by atoms with Crippen molar-refractivity contribution in [3.63, 3.8) is 0 Å². The number of nitrogens with one attached hydrogen (secondary N) is 1. The number of thiazole rings is 1. The average Bonchev–Trinajstić information content (AvgIpc) is 3.45. The second-order valence-corrected chi connectivity index (χ2v) is 9.34. The van der Waals surface area contributed by atoms with Gasteiger partial charge in [-0.1, -0.05) is 43.4 Å². The van der Waals surface area contributed by atoms with Crippen LogP contribution in [0.2, 0.25) is 0 Å². The summed E-state index contributed by atoms with van der Waals surface area (Å²) in [7, 11) is 0. The predicted molar refractivity (Wildman–Crippen MR) is 126 cm³/mol. The number of benzene rings is 1. The van der Waals surface area contributed by atoms with E-state index in [-0.39, 0.29) is 12.1 Å². The molecule has 0 spiro atoms. The van der Waals surface area contributed by atoms with Crippen LogP contribution in [-0.2, 0) is 0 Å². The number of para-hydroxylation sites is 1. The van der Waals surface area contributed by atoms with Crippen LogP contribution in [0, 0.1) is 5.92 Å². The van der Waals surface area contributed by atoms with Crippen molar-refractivity contribution in [2.45, 2.75) is 25.9 Å². The zero-order valence-corrected chi connectivity index (χ0v) is 18.5. The van der Waals surface area contributed by atoms with Gasteiger partial charge in [0.2, 0.25) is 0 Å². The highest BCUT2D eigenvalue weighted by molar-refractivity contribution is 7.80. The number of aromatic nitrogens is 3. The minimum absolute atomic E-state index is 0.0134. The van der Waals surface area contributed by atoms with E-state index in [2.05, 4.69) is 76.2 Å². The van der Waals surface area contributed by atoms with E-state index in [9.17, 15) is 0 Å². The SMILES string of the molecule is CC(C)CN1C(=S)N[C@H](c2ccccn2)[C@H]1c1cccn1-c1nc2ccccc2s1. The number of fused-ring (bicyclic) bond motifs is 1. The molecule has 5 nitrogen and oxygen atoms in total. The molecular weight excluding hydrogens is 410 g/mol. The Hall–Kier alpha value is -2.77. The third kappa shape index (κ3) is 3.38. The van der Waals surface area contributed by atoms with E-state index in [4.69, 9.17) is 17.2 Å². The first-order valence-corrected chi connectivity index (χ1v) is 11.4. The van der Waals surface area contributed by atoms with Crippen LogP contribution in [0.5, 0.6) is 0 Å². The number of pyridine rings is 1. The molecule has 3 aromatic heterocycles. The molecule has 7 heteroatoms. The fourth-order valence-corrected chi connectivity index (χ4v) is 5.37. The molecule has 1 aliphatic rings. The lowest BCUT2D eigenvalue weighted by Crippen LogP contribution is -2.33. The summed E-state index contributed by atoms with van der Waals surface area (Å²) in [4.78, 5) is 11.8. The maximum atomic E-state index is 5.76. The van der Waals surface area contributed by atoms with Crippen LogP contribution in [0.3, 0.4) is 0 Å². The van der Waals surface area contributed by atoms with Gasteiger partial charge in [0.15, 0.2) is 10.2 Å². The zero-order chi connectivity index (χ0) is 20.7. The minimum Gasteiger partial charge on any atom is -0.352 e. The molecule has 4 heterocycles. The Morgan fingerprint density at radius 1 is 1.10 bits per heavy atom. The van der Waals surface area contributed by atoms with Crippen molar-refractivity contribution >= 4 is 38.9 Å². The second kappa shape index (κ2) is 7.81. The molecule has 152 valence electrons. The minimum atomic E-state index is -0.0134. The number of nitrogens with zero attached hydrogens (tertiary/aromatic N) is 4. The normalized spacial score (nSPS) is 19.0. The van der Waals surface area contributed by atoms with E-state index in [1.54, 1.807) is 11.3 Å². The lowest BCUT2D eigenvalue weighted by atomic mass is 10.0. The van der Waals surface area contributed by atoms with Crippen molar-refractivity contribution in [1.82, 2.24) is 24.8 Å². The van der Waals surface area contributed by atoms with E-state index in [1.165, 1.54) is 4.70 Å². The summed E-state index contributed by atoms with van der Waals surface area (Å²) in [6.07, 6.45) is 3.94. The van der Waals surface area contributed by atoms with Crippen molar-refractivity contribution < 1.29 is 0 Å². The molecule has 1 aliphatic heterocycles. The Morgan fingerprint density at radius 2 is 1.93 bits per heavy atom. The maximum absolute atomic E-state index is 5.76. The Kier molecular flexibility index (Phi) is 5.00. The monoisotopic (exact) mass is 433 g/mol. The topological polar surface area (TPSA) is 46.0 Å². The summed E-state index contributed by atoms with van der Waals surface area (Å²) < 4.78 is 3.39. The Morgan fingerprint density at radius 3 is 2.70 bits per heavy atom. The second-order valence-electron chi connectivity index (χ2n) is 7.94. The Balaban J connectivity index is 1.62. The van der Waals surface area contributed by atoms with Crippen molar-refractivity contribution in [3.8, 4) is 5.13 Å². The highest BCUT2D eigenvalue weighted by Gasteiger charge is 2.41. The quantitative estimate of drug-likeness (QED) is 0.443. The van der Waals surface area contributed by atoms with E-state index >= 15 is 0 Å². The van der Waals surface area contributed by atoms with Crippen LogP contribution in [-0.4, -0.2) is 31.1 Å². The molecule has 0 radical (unpaired) electrons. The van der Waals surface area contributed by atoms with Gasteiger partial charge in [0, 0.05) is 18.9 Å². The molecule has 2 atom stereocenters. The molecule has 1 fully saturated rings. The van der Waals surface area contributed by atoms with Gasteiger partial charge in [-0.05, 0) is 54.5 Å². The first kappa shape index (κ1) is 19.2. The highest BCUT2D eigenvalue weighted by Crippen LogP contribution is 2.40. The number of hydrogen-bond donors (Lipinski definition) is 1. The number of rotatable bonds is 5. The van der Waals surface area contributed by atoms with Gasteiger partial charge in [-0.2, -0.15) is 0 Å². The molecular formula is C23H23N5S2. The molecule has 1 N–H and O–H groups in total. The summed E-state index contributed by atoms with van der Waals surface area (Å²) in [6.45, 7) is 5.32. The van der Waals surface area contributed by atoms with E-state index in [0.29, 0.717) is 5.92 Å². The van der Waals surface area contributed by atoms with Gasteiger partial charge in [0.25, 0.3) is 0 Å².